The fourth-order valence-electron chi connectivity index (χ4n) is 8.37. The van der Waals surface area contributed by atoms with Crippen molar-refractivity contribution < 1.29 is 19.7 Å². The Morgan fingerprint density at radius 2 is 1.78 bits per heavy atom. The highest BCUT2D eigenvalue weighted by Gasteiger charge is 2.65. The minimum absolute atomic E-state index is 0.0608. The van der Waals surface area contributed by atoms with Gasteiger partial charge >= 0.3 is 0 Å². The molecule has 4 aliphatic carbocycles. The van der Waals surface area contributed by atoms with Crippen LogP contribution in [-0.2, 0) is 9.47 Å². The van der Waals surface area contributed by atoms with Gasteiger partial charge in [0.1, 0.15) is 0 Å². The first-order valence-corrected chi connectivity index (χ1v) is 11.1. The molecule has 1 saturated heterocycles. The summed E-state index contributed by atoms with van der Waals surface area (Å²) in [4.78, 5) is 0. The molecule has 0 bridgehead atoms. The summed E-state index contributed by atoms with van der Waals surface area (Å²) in [6, 6.07) is 0. The van der Waals surface area contributed by atoms with Crippen molar-refractivity contribution in [2.24, 2.45) is 34.5 Å². The fourth-order valence-corrected chi connectivity index (χ4v) is 8.37. The third kappa shape index (κ3) is 2.49. The molecule has 1 aliphatic heterocycles. The fraction of sp³-hybridized carbons (Fsp3) is 0.913. The van der Waals surface area contributed by atoms with Crippen LogP contribution in [0, 0.1) is 34.5 Å². The maximum Gasteiger partial charge on any atom is 0.169 e. The maximum absolute atomic E-state index is 11.5. The Bertz CT molecular complexity index is 638. The molecule has 4 fully saturated rings. The summed E-state index contributed by atoms with van der Waals surface area (Å²) >= 11 is 0. The highest BCUT2D eigenvalue weighted by Crippen LogP contribution is 2.68. The van der Waals surface area contributed by atoms with Gasteiger partial charge < -0.3 is 19.7 Å². The Balaban J connectivity index is 1.49. The summed E-state index contributed by atoms with van der Waals surface area (Å²) in [5, 5.41) is 21.6. The van der Waals surface area contributed by atoms with Crippen LogP contribution in [0.5, 0.6) is 0 Å². The van der Waals surface area contributed by atoms with Crippen LogP contribution in [0.2, 0.25) is 0 Å². The molecule has 0 aromatic rings. The summed E-state index contributed by atoms with van der Waals surface area (Å²) in [6.07, 6.45) is 8.92. The molecule has 3 saturated carbocycles. The molecule has 5 rings (SSSR count). The highest BCUT2D eigenvalue weighted by molar-refractivity contribution is 5.26. The van der Waals surface area contributed by atoms with E-state index >= 15 is 0 Å². The van der Waals surface area contributed by atoms with Gasteiger partial charge in [0.25, 0.3) is 0 Å². The quantitative estimate of drug-likeness (QED) is 0.686. The number of ether oxygens (including phenoxy) is 2. The molecule has 0 aromatic carbocycles. The second kappa shape index (κ2) is 6.04. The molecule has 1 heterocycles. The van der Waals surface area contributed by atoms with Crippen molar-refractivity contribution in [3.63, 3.8) is 0 Å². The van der Waals surface area contributed by atoms with Crippen LogP contribution in [0.3, 0.4) is 0 Å². The van der Waals surface area contributed by atoms with Gasteiger partial charge in [-0.3, -0.25) is 0 Å². The zero-order valence-electron chi connectivity index (χ0n) is 17.1. The van der Waals surface area contributed by atoms with E-state index in [9.17, 15) is 10.2 Å². The van der Waals surface area contributed by atoms with E-state index < -0.39 is 5.79 Å². The Kier molecular flexibility index (Phi) is 4.16. The van der Waals surface area contributed by atoms with Crippen LogP contribution >= 0.6 is 0 Å². The molecular formula is C23H36O4. The van der Waals surface area contributed by atoms with Crippen LogP contribution in [0.1, 0.15) is 65.7 Å². The number of hydrogen-bond acceptors (Lipinski definition) is 4. The lowest BCUT2D eigenvalue weighted by atomic mass is 9.46. The molecule has 0 spiro atoms. The number of rotatable bonds is 1. The molecule has 27 heavy (non-hydrogen) atoms. The summed E-state index contributed by atoms with van der Waals surface area (Å²) < 4.78 is 12.2. The average Bonchev–Trinajstić information content (AvgIpc) is 3.19. The zero-order chi connectivity index (χ0) is 19.0. The molecule has 4 nitrogen and oxygen atoms in total. The van der Waals surface area contributed by atoms with Crippen molar-refractivity contribution in [3.8, 4) is 0 Å². The van der Waals surface area contributed by atoms with Crippen LogP contribution in [0.25, 0.3) is 0 Å². The number of aliphatic hydroxyl groups excluding tert-OH is 2. The van der Waals surface area contributed by atoms with E-state index in [1.807, 2.05) is 0 Å². The molecule has 8 atom stereocenters. The first-order valence-electron chi connectivity index (χ1n) is 11.1. The van der Waals surface area contributed by atoms with Gasteiger partial charge in [0.2, 0.25) is 0 Å². The van der Waals surface area contributed by atoms with Crippen LogP contribution in [-0.4, -0.2) is 41.4 Å². The highest BCUT2D eigenvalue weighted by atomic mass is 16.7. The Labute approximate surface area is 163 Å². The first kappa shape index (κ1) is 18.6. The molecule has 152 valence electrons. The number of fused-ring (bicyclic) bond motifs is 5. The summed E-state index contributed by atoms with van der Waals surface area (Å²) in [5.41, 5.74) is 1.55. The second-order valence-electron chi connectivity index (χ2n) is 10.7. The standard InChI is InChI=1S/C23H36O4/c1-21-9-8-15(24)12-14(21)4-5-16-17-6-7-19(23(3)26-10-11-27-23)22(17,2)13-18(25)20(16)21/h4,15-20,24-25H,5-13H2,1-3H3. The number of aliphatic hydroxyl groups is 2. The molecule has 0 amide bonds. The van der Waals surface area contributed by atoms with Crippen LogP contribution in [0.4, 0.5) is 0 Å². The third-order valence-corrected chi connectivity index (χ3v) is 9.50. The van der Waals surface area contributed by atoms with Gasteiger partial charge in [-0.2, -0.15) is 0 Å². The smallest absolute Gasteiger partial charge is 0.169 e. The molecule has 5 aliphatic rings. The van der Waals surface area contributed by atoms with Crippen molar-refractivity contribution in [3.05, 3.63) is 11.6 Å². The molecule has 0 aromatic heterocycles. The minimum atomic E-state index is -0.482. The average molecular weight is 377 g/mol. The van der Waals surface area contributed by atoms with E-state index in [1.54, 1.807) is 0 Å². The summed E-state index contributed by atoms with van der Waals surface area (Å²) in [7, 11) is 0. The van der Waals surface area contributed by atoms with Gasteiger partial charge in [-0.15, -0.1) is 0 Å². The van der Waals surface area contributed by atoms with Crippen molar-refractivity contribution in [1.29, 1.82) is 0 Å². The predicted molar refractivity (Wildman–Crippen MR) is 103 cm³/mol. The molecule has 4 heteroatoms. The largest absolute Gasteiger partial charge is 0.393 e. The van der Waals surface area contributed by atoms with Crippen LogP contribution in [0.15, 0.2) is 11.6 Å². The topological polar surface area (TPSA) is 58.9 Å². The number of allylic oxidation sites excluding steroid dienone is 1. The third-order valence-electron chi connectivity index (χ3n) is 9.50. The lowest BCUT2D eigenvalue weighted by Crippen LogP contribution is -2.58. The molecule has 8 unspecified atom stereocenters. The summed E-state index contributed by atoms with van der Waals surface area (Å²) in [5.74, 6) is 1.38. The molecular weight excluding hydrogens is 340 g/mol. The van der Waals surface area contributed by atoms with Gasteiger partial charge in [-0.25, -0.2) is 0 Å². The van der Waals surface area contributed by atoms with Crippen molar-refractivity contribution in [2.45, 2.75) is 83.7 Å². The Morgan fingerprint density at radius 1 is 1.04 bits per heavy atom. The predicted octanol–water partition coefficient (Wildman–Crippen LogP) is 3.66. The first-order chi connectivity index (χ1) is 12.8. The van der Waals surface area contributed by atoms with Gasteiger partial charge in [-0.1, -0.05) is 25.5 Å². The monoisotopic (exact) mass is 376 g/mol. The lowest BCUT2D eigenvalue weighted by Gasteiger charge is -2.60. The van der Waals surface area contributed by atoms with Gasteiger partial charge in [-0.05, 0) is 80.5 Å². The van der Waals surface area contributed by atoms with Crippen molar-refractivity contribution >= 4 is 0 Å². The van der Waals surface area contributed by atoms with Crippen molar-refractivity contribution in [1.82, 2.24) is 0 Å². The van der Waals surface area contributed by atoms with E-state index in [-0.39, 0.29) is 23.0 Å². The van der Waals surface area contributed by atoms with Gasteiger partial charge in [0, 0.05) is 5.92 Å². The van der Waals surface area contributed by atoms with E-state index in [2.05, 4.69) is 26.8 Å². The van der Waals surface area contributed by atoms with E-state index in [4.69, 9.17) is 9.47 Å². The van der Waals surface area contributed by atoms with E-state index in [1.165, 1.54) is 12.0 Å². The van der Waals surface area contributed by atoms with Gasteiger partial charge in [0.15, 0.2) is 5.79 Å². The minimum Gasteiger partial charge on any atom is -0.393 e. The molecule has 2 N–H and O–H groups in total. The lowest BCUT2D eigenvalue weighted by molar-refractivity contribution is -0.223. The van der Waals surface area contributed by atoms with Gasteiger partial charge in [0.05, 0.1) is 25.4 Å². The van der Waals surface area contributed by atoms with Crippen LogP contribution < -0.4 is 0 Å². The normalized spacial score (nSPS) is 54.0. The van der Waals surface area contributed by atoms with E-state index in [0.717, 1.165) is 38.5 Å². The van der Waals surface area contributed by atoms with Crippen molar-refractivity contribution in [2.75, 3.05) is 13.2 Å². The zero-order valence-corrected chi connectivity index (χ0v) is 17.1. The Hall–Kier alpha value is -0.420. The SMILES string of the molecule is CC1(C2CCC3C4CC=C5CC(O)CCC5(C)C4C(O)CC32C)OCCO1. The Morgan fingerprint density at radius 3 is 2.52 bits per heavy atom. The second-order valence-corrected chi connectivity index (χ2v) is 10.7. The maximum atomic E-state index is 11.5. The number of hydrogen-bond donors (Lipinski definition) is 2. The summed E-state index contributed by atoms with van der Waals surface area (Å²) in [6.45, 7) is 8.27. The molecule has 0 radical (unpaired) electrons. The van der Waals surface area contributed by atoms with E-state index in [0.29, 0.717) is 36.9 Å².